The van der Waals surface area contributed by atoms with Gasteiger partial charge in [-0.3, -0.25) is 0 Å². The molecule has 0 amide bonds. The van der Waals surface area contributed by atoms with Crippen LogP contribution in [0.2, 0.25) is 0 Å². The molecule has 1 aliphatic heterocycles. The molecule has 19 heavy (non-hydrogen) atoms. The average molecular weight is 325 g/mol. The van der Waals surface area contributed by atoms with E-state index < -0.39 is 0 Å². The van der Waals surface area contributed by atoms with E-state index >= 15 is 0 Å². The zero-order valence-electron chi connectivity index (χ0n) is 11.4. The molecule has 1 saturated heterocycles. The van der Waals surface area contributed by atoms with Crippen molar-refractivity contribution in [3.63, 3.8) is 0 Å². The molecule has 2 heterocycles. The highest BCUT2D eigenvalue weighted by atomic mass is 79.9. The fourth-order valence-corrected chi connectivity index (χ4v) is 3.89. The van der Waals surface area contributed by atoms with Gasteiger partial charge in [-0.15, -0.1) is 0 Å². The van der Waals surface area contributed by atoms with E-state index in [0.717, 1.165) is 35.2 Å². The predicted octanol–water partition coefficient (Wildman–Crippen LogP) is 3.44. The molecular formula is C14H21BrN4. The molecule has 0 radical (unpaired) electrons. The number of fused-ring (bicyclic) bond motifs is 1. The van der Waals surface area contributed by atoms with Crippen LogP contribution in [0, 0.1) is 5.92 Å². The van der Waals surface area contributed by atoms with Crippen LogP contribution in [-0.2, 0) is 0 Å². The largest absolute Gasteiger partial charge is 0.354 e. The van der Waals surface area contributed by atoms with Crippen molar-refractivity contribution in [3.8, 4) is 0 Å². The van der Waals surface area contributed by atoms with Gasteiger partial charge < -0.3 is 10.2 Å². The molecule has 2 aliphatic rings. The van der Waals surface area contributed by atoms with Crippen molar-refractivity contribution >= 4 is 27.7 Å². The van der Waals surface area contributed by atoms with Crippen molar-refractivity contribution in [2.24, 2.45) is 5.92 Å². The molecule has 0 spiro atoms. The standard InChI is InChI=1S/C14H21BrN4/c1-2-16-14-17-9-11(15)13(18-14)19-8-7-10-5-3-4-6-12(10)19/h9-10,12H,2-8H2,1H3,(H,16,17,18). The monoisotopic (exact) mass is 324 g/mol. The molecule has 1 aliphatic carbocycles. The molecule has 1 aromatic rings. The summed E-state index contributed by atoms with van der Waals surface area (Å²) >= 11 is 3.61. The Morgan fingerprint density at radius 1 is 1.37 bits per heavy atom. The Morgan fingerprint density at radius 2 is 2.21 bits per heavy atom. The minimum atomic E-state index is 0.689. The van der Waals surface area contributed by atoms with E-state index in [4.69, 9.17) is 4.98 Å². The van der Waals surface area contributed by atoms with E-state index in [-0.39, 0.29) is 0 Å². The van der Waals surface area contributed by atoms with Crippen LogP contribution in [0.15, 0.2) is 10.7 Å². The van der Waals surface area contributed by atoms with Gasteiger partial charge in [0.25, 0.3) is 0 Å². The van der Waals surface area contributed by atoms with Crippen molar-refractivity contribution in [1.29, 1.82) is 0 Å². The smallest absolute Gasteiger partial charge is 0.224 e. The van der Waals surface area contributed by atoms with Crippen molar-refractivity contribution in [3.05, 3.63) is 10.7 Å². The Morgan fingerprint density at radius 3 is 3.05 bits per heavy atom. The highest BCUT2D eigenvalue weighted by Crippen LogP contribution is 2.40. The van der Waals surface area contributed by atoms with E-state index in [1.165, 1.54) is 32.1 Å². The highest BCUT2D eigenvalue weighted by Gasteiger charge is 2.37. The van der Waals surface area contributed by atoms with Gasteiger partial charge in [0.05, 0.1) is 4.47 Å². The summed E-state index contributed by atoms with van der Waals surface area (Å²) in [6.45, 7) is 4.06. The fourth-order valence-electron chi connectivity index (χ4n) is 3.47. The van der Waals surface area contributed by atoms with E-state index in [1.807, 2.05) is 6.20 Å². The van der Waals surface area contributed by atoms with Crippen molar-refractivity contribution in [2.75, 3.05) is 23.3 Å². The molecule has 0 aromatic carbocycles. The number of nitrogens with one attached hydrogen (secondary N) is 1. The number of aromatic nitrogens is 2. The summed E-state index contributed by atoms with van der Waals surface area (Å²) in [5, 5.41) is 3.20. The molecule has 2 unspecified atom stereocenters. The van der Waals surface area contributed by atoms with Gasteiger partial charge in [0.15, 0.2) is 0 Å². The maximum Gasteiger partial charge on any atom is 0.224 e. The summed E-state index contributed by atoms with van der Waals surface area (Å²) in [6, 6.07) is 0.689. The Hall–Kier alpha value is -0.840. The molecule has 1 aromatic heterocycles. The first-order valence-corrected chi connectivity index (χ1v) is 8.12. The van der Waals surface area contributed by atoms with Crippen LogP contribution in [0.1, 0.15) is 39.0 Å². The fraction of sp³-hybridized carbons (Fsp3) is 0.714. The number of hydrogen-bond acceptors (Lipinski definition) is 4. The van der Waals surface area contributed by atoms with Gasteiger partial charge >= 0.3 is 0 Å². The normalized spacial score (nSPS) is 26.3. The summed E-state index contributed by atoms with van der Waals surface area (Å²) in [4.78, 5) is 11.5. The second kappa shape index (κ2) is 5.65. The minimum absolute atomic E-state index is 0.689. The number of nitrogens with zero attached hydrogens (tertiary/aromatic N) is 3. The molecular weight excluding hydrogens is 304 g/mol. The van der Waals surface area contributed by atoms with Crippen LogP contribution < -0.4 is 10.2 Å². The number of halogens is 1. The van der Waals surface area contributed by atoms with Crippen LogP contribution in [0.5, 0.6) is 0 Å². The first-order valence-electron chi connectivity index (χ1n) is 7.32. The topological polar surface area (TPSA) is 41.1 Å². The maximum atomic E-state index is 4.69. The zero-order valence-corrected chi connectivity index (χ0v) is 13.0. The van der Waals surface area contributed by atoms with Gasteiger partial charge in [0.1, 0.15) is 5.82 Å². The van der Waals surface area contributed by atoms with Gasteiger partial charge in [0, 0.05) is 25.3 Å². The summed E-state index contributed by atoms with van der Waals surface area (Å²) in [7, 11) is 0. The molecule has 1 saturated carbocycles. The number of hydrogen-bond donors (Lipinski definition) is 1. The van der Waals surface area contributed by atoms with E-state index in [2.05, 4.69) is 38.1 Å². The minimum Gasteiger partial charge on any atom is -0.354 e. The molecule has 4 nitrogen and oxygen atoms in total. The lowest BCUT2D eigenvalue weighted by Gasteiger charge is -2.32. The lowest BCUT2D eigenvalue weighted by molar-refractivity contribution is 0.341. The van der Waals surface area contributed by atoms with Crippen molar-refractivity contribution < 1.29 is 0 Å². The first kappa shape index (κ1) is 13.2. The molecule has 3 rings (SSSR count). The Balaban J connectivity index is 1.86. The molecule has 5 heteroatoms. The van der Waals surface area contributed by atoms with Crippen LogP contribution in [0.25, 0.3) is 0 Å². The van der Waals surface area contributed by atoms with E-state index in [9.17, 15) is 0 Å². The third-order valence-electron chi connectivity index (χ3n) is 4.34. The Kier molecular flexibility index (Phi) is 3.91. The number of anilines is 2. The lowest BCUT2D eigenvalue weighted by Crippen LogP contribution is -2.35. The second-order valence-corrected chi connectivity index (χ2v) is 6.34. The van der Waals surface area contributed by atoms with Gasteiger partial charge in [-0.2, -0.15) is 4.98 Å². The molecule has 104 valence electrons. The molecule has 2 fully saturated rings. The lowest BCUT2D eigenvalue weighted by atomic mass is 9.85. The van der Waals surface area contributed by atoms with Crippen LogP contribution >= 0.6 is 15.9 Å². The third kappa shape index (κ3) is 2.57. The first-order chi connectivity index (χ1) is 9.29. The van der Waals surface area contributed by atoms with Crippen molar-refractivity contribution in [2.45, 2.75) is 45.1 Å². The molecule has 2 atom stereocenters. The van der Waals surface area contributed by atoms with Gasteiger partial charge in [-0.25, -0.2) is 4.98 Å². The van der Waals surface area contributed by atoms with Crippen LogP contribution in [0.3, 0.4) is 0 Å². The summed E-state index contributed by atoms with van der Waals surface area (Å²) in [6.07, 6.45) is 8.67. The third-order valence-corrected chi connectivity index (χ3v) is 4.90. The van der Waals surface area contributed by atoms with Crippen LogP contribution in [0.4, 0.5) is 11.8 Å². The Bertz CT molecular complexity index is 451. The van der Waals surface area contributed by atoms with Gasteiger partial charge in [-0.1, -0.05) is 12.8 Å². The molecule has 1 N–H and O–H groups in total. The Labute approximate surface area is 123 Å². The summed E-state index contributed by atoms with van der Waals surface area (Å²) < 4.78 is 1.01. The maximum absolute atomic E-state index is 4.69. The predicted molar refractivity (Wildman–Crippen MR) is 81.6 cm³/mol. The van der Waals surface area contributed by atoms with Crippen molar-refractivity contribution in [1.82, 2.24) is 9.97 Å². The SMILES string of the molecule is CCNc1ncc(Br)c(N2CCC3CCCCC32)n1. The van der Waals surface area contributed by atoms with Gasteiger partial charge in [-0.05, 0) is 48.0 Å². The average Bonchev–Trinajstić information content (AvgIpc) is 2.85. The summed E-state index contributed by atoms with van der Waals surface area (Å²) in [5.74, 6) is 2.68. The summed E-state index contributed by atoms with van der Waals surface area (Å²) in [5.41, 5.74) is 0. The van der Waals surface area contributed by atoms with E-state index in [0.29, 0.717) is 6.04 Å². The highest BCUT2D eigenvalue weighted by molar-refractivity contribution is 9.10. The molecule has 0 bridgehead atoms. The second-order valence-electron chi connectivity index (χ2n) is 5.49. The van der Waals surface area contributed by atoms with Crippen LogP contribution in [-0.4, -0.2) is 29.1 Å². The van der Waals surface area contributed by atoms with E-state index in [1.54, 1.807) is 0 Å². The number of rotatable bonds is 3. The zero-order chi connectivity index (χ0) is 13.2. The van der Waals surface area contributed by atoms with Gasteiger partial charge in [0.2, 0.25) is 5.95 Å². The quantitative estimate of drug-likeness (QED) is 0.924.